The molecule has 0 aliphatic heterocycles. The predicted molar refractivity (Wildman–Crippen MR) is 78.0 cm³/mol. The summed E-state index contributed by atoms with van der Waals surface area (Å²) in [7, 11) is 0. The van der Waals surface area contributed by atoms with Gasteiger partial charge in [-0.2, -0.15) is 0 Å². The minimum absolute atomic E-state index is 0.343. The Kier molecular flexibility index (Phi) is 4.77. The van der Waals surface area contributed by atoms with Crippen molar-refractivity contribution in [1.82, 2.24) is 14.9 Å². The lowest BCUT2D eigenvalue weighted by molar-refractivity contribution is 0.584. The molecular weight excluding hydrogens is 234 g/mol. The highest BCUT2D eigenvalue weighted by molar-refractivity contribution is 5.35. The molecular formula is C16H19N3. The van der Waals surface area contributed by atoms with E-state index >= 15 is 0 Å². The van der Waals surface area contributed by atoms with Crippen molar-refractivity contribution in [2.45, 2.75) is 26.3 Å². The molecule has 0 spiro atoms. The van der Waals surface area contributed by atoms with E-state index in [1.807, 2.05) is 17.7 Å². The van der Waals surface area contributed by atoms with E-state index in [1.165, 1.54) is 5.56 Å². The second-order valence-electron chi connectivity index (χ2n) is 4.41. The molecule has 98 valence electrons. The average Bonchev–Trinajstić information content (AvgIpc) is 2.98. The Labute approximate surface area is 114 Å². The Morgan fingerprint density at radius 1 is 1.32 bits per heavy atom. The van der Waals surface area contributed by atoms with Crippen LogP contribution in [0.1, 0.15) is 31.9 Å². The number of hydrogen-bond donors (Lipinski definition) is 1. The quantitative estimate of drug-likeness (QED) is 0.656. The van der Waals surface area contributed by atoms with Crippen molar-refractivity contribution < 1.29 is 0 Å². The number of hydrogen-bond acceptors (Lipinski definition) is 2. The second kappa shape index (κ2) is 6.77. The fraction of sp³-hybridized carbons (Fsp3) is 0.312. The molecule has 1 atom stereocenters. The van der Waals surface area contributed by atoms with Gasteiger partial charge in [0.15, 0.2) is 0 Å². The van der Waals surface area contributed by atoms with E-state index in [4.69, 9.17) is 0 Å². The van der Waals surface area contributed by atoms with Gasteiger partial charge in [0.25, 0.3) is 0 Å². The van der Waals surface area contributed by atoms with E-state index in [0.717, 1.165) is 18.7 Å². The maximum absolute atomic E-state index is 4.05. The van der Waals surface area contributed by atoms with E-state index in [-0.39, 0.29) is 0 Å². The van der Waals surface area contributed by atoms with Gasteiger partial charge in [0.1, 0.15) is 0 Å². The smallest absolute Gasteiger partial charge is 0.0991 e. The third kappa shape index (κ3) is 3.70. The third-order valence-corrected chi connectivity index (χ3v) is 3.07. The van der Waals surface area contributed by atoms with Crippen molar-refractivity contribution in [2.24, 2.45) is 0 Å². The van der Waals surface area contributed by atoms with Gasteiger partial charge in [-0.15, -0.1) is 11.8 Å². The van der Waals surface area contributed by atoms with Crippen molar-refractivity contribution in [2.75, 3.05) is 6.54 Å². The Bertz CT molecular complexity index is 544. The molecule has 3 nitrogen and oxygen atoms in total. The summed E-state index contributed by atoms with van der Waals surface area (Å²) in [4.78, 5) is 4.05. The van der Waals surface area contributed by atoms with E-state index in [9.17, 15) is 0 Å². The van der Waals surface area contributed by atoms with Crippen molar-refractivity contribution >= 4 is 0 Å². The minimum atomic E-state index is 0.343. The Hall–Kier alpha value is -2.05. The molecule has 1 unspecified atom stereocenters. The summed E-state index contributed by atoms with van der Waals surface area (Å²) in [5.74, 6) is 5.97. The molecule has 0 bridgehead atoms. The fourth-order valence-electron chi connectivity index (χ4n) is 1.94. The molecule has 1 aromatic heterocycles. The lowest BCUT2D eigenvalue weighted by Gasteiger charge is -2.14. The molecule has 0 amide bonds. The maximum atomic E-state index is 4.05. The minimum Gasteiger partial charge on any atom is -0.309 e. The van der Waals surface area contributed by atoms with Gasteiger partial charge in [-0.05, 0) is 31.5 Å². The average molecular weight is 253 g/mol. The van der Waals surface area contributed by atoms with Gasteiger partial charge in [-0.3, -0.25) is 0 Å². The molecule has 1 N–H and O–H groups in total. The summed E-state index contributed by atoms with van der Waals surface area (Å²) < 4.78 is 2.00. The molecule has 19 heavy (non-hydrogen) atoms. The van der Waals surface area contributed by atoms with Crippen LogP contribution in [-0.2, 0) is 0 Å². The van der Waals surface area contributed by atoms with Crippen molar-refractivity contribution in [3.05, 3.63) is 48.5 Å². The van der Waals surface area contributed by atoms with Gasteiger partial charge in [-0.25, -0.2) is 4.98 Å². The second-order valence-corrected chi connectivity index (χ2v) is 4.41. The molecule has 0 fully saturated rings. The summed E-state index contributed by atoms with van der Waals surface area (Å²) in [6, 6.07) is 8.87. The number of benzene rings is 1. The van der Waals surface area contributed by atoms with E-state index in [2.05, 4.69) is 53.3 Å². The number of nitrogens with zero attached hydrogens (tertiary/aromatic N) is 2. The van der Waals surface area contributed by atoms with Crippen LogP contribution in [0, 0.1) is 11.8 Å². The molecule has 1 aromatic carbocycles. The Balaban J connectivity index is 1.95. The van der Waals surface area contributed by atoms with Crippen LogP contribution in [0.15, 0.2) is 43.0 Å². The van der Waals surface area contributed by atoms with Crippen molar-refractivity contribution in [3.63, 3.8) is 0 Å². The molecule has 2 aromatic rings. The zero-order valence-electron chi connectivity index (χ0n) is 11.4. The fourth-order valence-corrected chi connectivity index (χ4v) is 1.94. The van der Waals surface area contributed by atoms with Gasteiger partial charge in [0, 0.05) is 37.1 Å². The van der Waals surface area contributed by atoms with Crippen LogP contribution >= 0.6 is 0 Å². The normalized spacial score (nSPS) is 11.7. The lowest BCUT2D eigenvalue weighted by atomic mass is 10.1. The first-order valence-corrected chi connectivity index (χ1v) is 6.52. The van der Waals surface area contributed by atoms with Gasteiger partial charge in [0.05, 0.1) is 6.33 Å². The van der Waals surface area contributed by atoms with Crippen LogP contribution < -0.4 is 5.32 Å². The summed E-state index contributed by atoms with van der Waals surface area (Å²) in [6.45, 7) is 4.97. The van der Waals surface area contributed by atoms with E-state index in [1.54, 1.807) is 12.5 Å². The number of aromatic nitrogens is 2. The summed E-state index contributed by atoms with van der Waals surface area (Å²) >= 11 is 0. The summed E-state index contributed by atoms with van der Waals surface area (Å²) in [5.41, 5.74) is 2.42. The van der Waals surface area contributed by atoms with Crippen LogP contribution in [0.3, 0.4) is 0 Å². The molecule has 0 saturated carbocycles. The number of nitrogens with one attached hydrogen (secondary N) is 1. The topological polar surface area (TPSA) is 29.9 Å². The molecule has 3 heteroatoms. The number of imidazole rings is 1. The zero-order valence-corrected chi connectivity index (χ0v) is 11.4. The summed E-state index contributed by atoms with van der Waals surface area (Å²) in [5, 5.41) is 3.47. The lowest BCUT2D eigenvalue weighted by Crippen LogP contribution is -2.19. The first-order chi connectivity index (χ1) is 9.31. The highest BCUT2D eigenvalue weighted by Gasteiger charge is 2.04. The van der Waals surface area contributed by atoms with Crippen LogP contribution in [-0.4, -0.2) is 16.1 Å². The van der Waals surface area contributed by atoms with Gasteiger partial charge in [0.2, 0.25) is 0 Å². The predicted octanol–water partition coefficient (Wildman–Crippen LogP) is 2.94. The van der Waals surface area contributed by atoms with Crippen molar-refractivity contribution in [3.8, 4) is 17.5 Å². The molecule has 0 aliphatic carbocycles. The highest BCUT2D eigenvalue weighted by Crippen LogP contribution is 2.15. The molecule has 2 rings (SSSR count). The van der Waals surface area contributed by atoms with Crippen LogP contribution in [0.4, 0.5) is 0 Å². The van der Waals surface area contributed by atoms with Crippen LogP contribution in [0.2, 0.25) is 0 Å². The maximum Gasteiger partial charge on any atom is 0.0991 e. The third-order valence-electron chi connectivity index (χ3n) is 3.07. The molecule has 1 heterocycles. The largest absolute Gasteiger partial charge is 0.309 e. The first kappa shape index (κ1) is 13.4. The first-order valence-electron chi connectivity index (χ1n) is 6.52. The number of rotatable bonds is 5. The van der Waals surface area contributed by atoms with Gasteiger partial charge >= 0.3 is 0 Å². The highest BCUT2D eigenvalue weighted by atomic mass is 15.0. The van der Waals surface area contributed by atoms with E-state index < -0.39 is 0 Å². The molecule has 0 saturated heterocycles. The van der Waals surface area contributed by atoms with Crippen LogP contribution in [0.25, 0.3) is 5.69 Å². The molecule has 0 aliphatic rings. The van der Waals surface area contributed by atoms with Gasteiger partial charge in [-0.1, -0.05) is 12.1 Å². The Morgan fingerprint density at radius 3 is 2.74 bits per heavy atom. The van der Waals surface area contributed by atoms with E-state index in [0.29, 0.717) is 6.04 Å². The van der Waals surface area contributed by atoms with Crippen LogP contribution in [0.5, 0.6) is 0 Å². The van der Waals surface area contributed by atoms with Crippen molar-refractivity contribution in [1.29, 1.82) is 0 Å². The summed E-state index contributed by atoms with van der Waals surface area (Å²) in [6.07, 6.45) is 6.43. The Morgan fingerprint density at radius 2 is 2.11 bits per heavy atom. The van der Waals surface area contributed by atoms with Gasteiger partial charge < -0.3 is 9.88 Å². The standard InChI is InChI=1S/C16H19N3/c1-3-4-5-10-18-14(2)15-6-8-16(9-7-15)19-12-11-17-13-19/h6-9,11-14,18H,5,10H2,1-2H3. The SMILES string of the molecule is CC#CCCNC(C)c1ccc(-n2ccnc2)cc1. The zero-order chi connectivity index (χ0) is 13.5. The monoisotopic (exact) mass is 253 g/mol. The molecule has 0 radical (unpaired) electrons.